The van der Waals surface area contributed by atoms with Gasteiger partial charge >= 0.3 is 0 Å². The standard InChI is InChI=1S/C15H19FN2O/c1-2-3-14-9-13(6-7-19-14)18-12-4-5-15(16)11(8-12)10-17/h4-5,8,13-14,18H,2-3,6-7,9H2,1H3. The van der Waals surface area contributed by atoms with E-state index in [1.165, 1.54) is 6.07 Å². The summed E-state index contributed by atoms with van der Waals surface area (Å²) in [7, 11) is 0. The van der Waals surface area contributed by atoms with Gasteiger partial charge in [0.15, 0.2) is 0 Å². The molecule has 1 aliphatic heterocycles. The third kappa shape index (κ3) is 3.68. The highest BCUT2D eigenvalue weighted by Crippen LogP contribution is 2.22. The lowest BCUT2D eigenvalue weighted by Gasteiger charge is -2.30. The molecule has 4 heteroatoms. The van der Waals surface area contributed by atoms with Crippen LogP contribution < -0.4 is 5.32 Å². The van der Waals surface area contributed by atoms with E-state index in [0.29, 0.717) is 12.1 Å². The summed E-state index contributed by atoms with van der Waals surface area (Å²) in [4.78, 5) is 0. The van der Waals surface area contributed by atoms with Crippen LogP contribution in [0.4, 0.5) is 10.1 Å². The molecule has 102 valence electrons. The molecule has 1 N–H and O–H groups in total. The second kappa shape index (κ2) is 6.53. The Bertz CT molecular complexity index is 468. The van der Waals surface area contributed by atoms with E-state index in [2.05, 4.69) is 12.2 Å². The summed E-state index contributed by atoms with van der Waals surface area (Å²) < 4.78 is 18.9. The second-order valence-corrected chi connectivity index (χ2v) is 4.95. The van der Waals surface area contributed by atoms with Gasteiger partial charge in [0, 0.05) is 18.3 Å². The van der Waals surface area contributed by atoms with Crippen LogP contribution in [-0.2, 0) is 4.74 Å². The van der Waals surface area contributed by atoms with Gasteiger partial charge in [0.1, 0.15) is 11.9 Å². The van der Waals surface area contributed by atoms with E-state index in [1.807, 2.05) is 6.07 Å². The van der Waals surface area contributed by atoms with Crippen molar-refractivity contribution in [2.24, 2.45) is 0 Å². The van der Waals surface area contributed by atoms with Crippen molar-refractivity contribution >= 4 is 5.69 Å². The summed E-state index contributed by atoms with van der Waals surface area (Å²) in [6.45, 7) is 2.91. The van der Waals surface area contributed by atoms with E-state index in [4.69, 9.17) is 10.00 Å². The number of nitrogens with one attached hydrogen (secondary N) is 1. The summed E-state index contributed by atoms with van der Waals surface area (Å²) in [5.74, 6) is -0.469. The summed E-state index contributed by atoms with van der Waals surface area (Å²) in [6, 6.07) is 6.78. The average molecular weight is 262 g/mol. The highest BCUT2D eigenvalue weighted by atomic mass is 19.1. The Morgan fingerprint density at radius 2 is 2.37 bits per heavy atom. The van der Waals surface area contributed by atoms with Crippen LogP contribution in [0.3, 0.4) is 0 Å². The Balaban J connectivity index is 1.99. The van der Waals surface area contributed by atoms with Gasteiger partial charge in [-0.3, -0.25) is 0 Å². The number of nitrogens with zero attached hydrogens (tertiary/aromatic N) is 1. The molecule has 1 aromatic carbocycles. The fourth-order valence-corrected chi connectivity index (χ4v) is 2.47. The first-order chi connectivity index (χ1) is 9.22. The number of benzene rings is 1. The topological polar surface area (TPSA) is 45.0 Å². The molecule has 1 aliphatic rings. The molecule has 2 rings (SSSR count). The van der Waals surface area contributed by atoms with Crippen LogP contribution in [0.25, 0.3) is 0 Å². The zero-order chi connectivity index (χ0) is 13.7. The second-order valence-electron chi connectivity index (χ2n) is 4.95. The molecule has 2 unspecified atom stereocenters. The maximum Gasteiger partial charge on any atom is 0.141 e. The van der Waals surface area contributed by atoms with Gasteiger partial charge in [-0.2, -0.15) is 5.26 Å². The van der Waals surface area contributed by atoms with Crippen LogP contribution in [0, 0.1) is 17.1 Å². The molecule has 0 amide bonds. The Kier molecular flexibility index (Phi) is 4.75. The van der Waals surface area contributed by atoms with Gasteiger partial charge in [-0.1, -0.05) is 13.3 Å². The fraction of sp³-hybridized carbons (Fsp3) is 0.533. The van der Waals surface area contributed by atoms with Crippen LogP contribution in [0.15, 0.2) is 18.2 Å². The first kappa shape index (κ1) is 13.8. The van der Waals surface area contributed by atoms with Crippen LogP contribution in [0.1, 0.15) is 38.2 Å². The molecule has 1 aromatic rings. The summed E-state index contributed by atoms with van der Waals surface area (Å²) in [6.07, 6.45) is 4.41. The number of rotatable bonds is 4. The molecular weight excluding hydrogens is 243 g/mol. The van der Waals surface area contributed by atoms with Gasteiger partial charge in [0.05, 0.1) is 11.7 Å². The molecule has 0 bridgehead atoms. The van der Waals surface area contributed by atoms with Crippen molar-refractivity contribution in [3.63, 3.8) is 0 Å². The average Bonchev–Trinajstić information content (AvgIpc) is 2.42. The van der Waals surface area contributed by atoms with Crippen molar-refractivity contribution in [2.45, 2.75) is 44.8 Å². The molecule has 19 heavy (non-hydrogen) atoms. The van der Waals surface area contributed by atoms with Crippen molar-refractivity contribution in [2.75, 3.05) is 11.9 Å². The van der Waals surface area contributed by atoms with Crippen LogP contribution in [0.2, 0.25) is 0 Å². The van der Waals surface area contributed by atoms with Gasteiger partial charge in [0.25, 0.3) is 0 Å². The molecule has 1 heterocycles. The van der Waals surface area contributed by atoms with E-state index in [1.54, 1.807) is 12.1 Å². The largest absolute Gasteiger partial charge is 0.382 e. The number of hydrogen-bond acceptors (Lipinski definition) is 3. The maximum absolute atomic E-state index is 13.2. The van der Waals surface area contributed by atoms with Crippen molar-refractivity contribution in [1.29, 1.82) is 5.26 Å². The maximum atomic E-state index is 13.2. The highest BCUT2D eigenvalue weighted by Gasteiger charge is 2.21. The zero-order valence-corrected chi connectivity index (χ0v) is 11.2. The molecule has 1 saturated heterocycles. The smallest absolute Gasteiger partial charge is 0.141 e. The van der Waals surface area contributed by atoms with Crippen LogP contribution >= 0.6 is 0 Å². The molecule has 2 atom stereocenters. The third-order valence-corrected chi connectivity index (χ3v) is 3.44. The number of hydrogen-bond donors (Lipinski definition) is 1. The van der Waals surface area contributed by atoms with E-state index in [-0.39, 0.29) is 5.56 Å². The molecule has 1 fully saturated rings. The van der Waals surface area contributed by atoms with Crippen molar-refractivity contribution in [3.05, 3.63) is 29.6 Å². The van der Waals surface area contributed by atoms with Gasteiger partial charge in [0.2, 0.25) is 0 Å². The van der Waals surface area contributed by atoms with E-state index in [0.717, 1.165) is 38.0 Å². The predicted molar refractivity (Wildman–Crippen MR) is 72.4 cm³/mol. The summed E-state index contributed by atoms with van der Waals surface area (Å²) >= 11 is 0. The highest BCUT2D eigenvalue weighted by molar-refractivity contribution is 5.50. The lowest BCUT2D eigenvalue weighted by atomic mass is 9.99. The minimum Gasteiger partial charge on any atom is -0.382 e. The lowest BCUT2D eigenvalue weighted by Crippen LogP contribution is -2.34. The van der Waals surface area contributed by atoms with Crippen LogP contribution in [-0.4, -0.2) is 18.8 Å². The van der Waals surface area contributed by atoms with Crippen molar-refractivity contribution in [1.82, 2.24) is 0 Å². The minimum atomic E-state index is -0.469. The normalized spacial score (nSPS) is 22.8. The van der Waals surface area contributed by atoms with Crippen molar-refractivity contribution in [3.8, 4) is 6.07 Å². The molecular formula is C15H19FN2O. The van der Waals surface area contributed by atoms with Gasteiger partial charge < -0.3 is 10.1 Å². The van der Waals surface area contributed by atoms with Gasteiger partial charge in [-0.25, -0.2) is 4.39 Å². The Labute approximate surface area is 113 Å². The number of anilines is 1. The predicted octanol–water partition coefficient (Wildman–Crippen LogP) is 3.46. The first-order valence-corrected chi connectivity index (χ1v) is 6.80. The molecule has 0 aliphatic carbocycles. The number of nitriles is 1. The van der Waals surface area contributed by atoms with E-state index < -0.39 is 5.82 Å². The van der Waals surface area contributed by atoms with E-state index in [9.17, 15) is 4.39 Å². The van der Waals surface area contributed by atoms with Crippen LogP contribution in [0.5, 0.6) is 0 Å². The molecule has 0 radical (unpaired) electrons. The SMILES string of the molecule is CCCC1CC(Nc2ccc(F)c(C#N)c2)CCO1. The summed E-state index contributed by atoms with van der Waals surface area (Å²) in [5.41, 5.74) is 0.891. The Morgan fingerprint density at radius 3 is 3.11 bits per heavy atom. The van der Waals surface area contributed by atoms with E-state index >= 15 is 0 Å². The fourth-order valence-electron chi connectivity index (χ4n) is 2.47. The molecule has 0 aromatic heterocycles. The molecule has 3 nitrogen and oxygen atoms in total. The first-order valence-electron chi connectivity index (χ1n) is 6.80. The van der Waals surface area contributed by atoms with Gasteiger partial charge in [-0.05, 0) is 37.5 Å². The summed E-state index contributed by atoms with van der Waals surface area (Å²) in [5, 5.41) is 12.2. The monoisotopic (exact) mass is 262 g/mol. The van der Waals surface area contributed by atoms with Crippen molar-refractivity contribution < 1.29 is 9.13 Å². The molecule has 0 spiro atoms. The zero-order valence-electron chi connectivity index (χ0n) is 11.2. The number of halogens is 1. The Morgan fingerprint density at radius 1 is 1.53 bits per heavy atom. The minimum absolute atomic E-state index is 0.0853. The quantitative estimate of drug-likeness (QED) is 0.903. The molecule has 0 saturated carbocycles. The Hall–Kier alpha value is -1.60. The number of ether oxygens (including phenoxy) is 1. The lowest BCUT2D eigenvalue weighted by molar-refractivity contribution is 0.00598. The van der Waals surface area contributed by atoms with Gasteiger partial charge in [-0.15, -0.1) is 0 Å². The third-order valence-electron chi connectivity index (χ3n) is 3.44.